The van der Waals surface area contributed by atoms with Gasteiger partial charge in [-0.25, -0.2) is 0 Å². The van der Waals surface area contributed by atoms with E-state index in [1.54, 1.807) is 0 Å². The van der Waals surface area contributed by atoms with Crippen molar-refractivity contribution in [3.63, 3.8) is 0 Å². The Morgan fingerprint density at radius 3 is 2.92 bits per heavy atom. The van der Waals surface area contributed by atoms with Crippen LogP contribution in [-0.2, 0) is 4.74 Å². The maximum absolute atomic E-state index is 5.30. The second-order valence-corrected chi connectivity index (χ2v) is 5.03. The average molecular weight is 265 g/mol. The predicted octanol–water partition coefficient (Wildman–Crippen LogP) is 1.18. The van der Waals surface area contributed by atoms with Crippen LogP contribution in [-0.4, -0.2) is 53.5 Å². The first-order valence-electron chi connectivity index (χ1n) is 4.50. The van der Waals surface area contributed by atoms with E-state index in [0.717, 1.165) is 38.2 Å². The fourth-order valence-electron chi connectivity index (χ4n) is 1.41. The normalized spacial score (nSPS) is 29.2. The van der Waals surface area contributed by atoms with Gasteiger partial charge in [-0.05, 0) is 0 Å². The van der Waals surface area contributed by atoms with Crippen LogP contribution in [0.25, 0.3) is 0 Å². The molecule has 2 aliphatic rings. The Morgan fingerprint density at radius 2 is 2.31 bits per heavy atom. The number of thioether (sulfide) groups is 1. The molecule has 0 aromatic heterocycles. The molecule has 0 spiro atoms. The molecule has 1 saturated heterocycles. The SMILES string of the molecule is BrC[C@H]1CN=C(N2CCOCC2)S1. The van der Waals surface area contributed by atoms with Crippen LogP contribution in [0, 0.1) is 0 Å². The highest BCUT2D eigenvalue weighted by atomic mass is 79.9. The van der Waals surface area contributed by atoms with E-state index in [9.17, 15) is 0 Å². The van der Waals surface area contributed by atoms with E-state index < -0.39 is 0 Å². The molecule has 5 heteroatoms. The van der Waals surface area contributed by atoms with Gasteiger partial charge in [-0.3, -0.25) is 4.99 Å². The molecule has 2 aliphatic heterocycles. The molecule has 1 fully saturated rings. The van der Waals surface area contributed by atoms with Crippen LogP contribution in [0.2, 0.25) is 0 Å². The van der Waals surface area contributed by atoms with Crippen molar-refractivity contribution in [3.05, 3.63) is 0 Å². The molecule has 1 atom stereocenters. The summed E-state index contributed by atoms with van der Waals surface area (Å²) in [5.74, 6) is 0. The lowest BCUT2D eigenvalue weighted by Crippen LogP contribution is -2.39. The van der Waals surface area contributed by atoms with Crippen LogP contribution in [0.4, 0.5) is 0 Å². The van der Waals surface area contributed by atoms with E-state index >= 15 is 0 Å². The van der Waals surface area contributed by atoms with Gasteiger partial charge in [0.15, 0.2) is 5.17 Å². The lowest BCUT2D eigenvalue weighted by molar-refractivity contribution is 0.0693. The number of hydrogen-bond acceptors (Lipinski definition) is 4. The lowest BCUT2D eigenvalue weighted by atomic mass is 10.4. The van der Waals surface area contributed by atoms with E-state index in [-0.39, 0.29) is 0 Å². The summed E-state index contributed by atoms with van der Waals surface area (Å²) in [5.41, 5.74) is 0. The van der Waals surface area contributed by atoms with E-state index in [1.165, 1.54) is 5.17 Å². The first-order chi connectivity index (χ1) is 6.40. The van der Waals surface area contributed by atoms with Crippen LogP contribution < -0.4 is 0 Å². The van der Waals surface area contributed by atoms with Gasteiger partial charge >= 0.3 is 0 Å². The molecule has 0 aromatic rings. The first kappa shape index (κ1) is 9.80. The molecule has 0 aliphatic carbocycles. The zero-order chi connectivity index (χ0) is 9.10. The Labute approximate surface area is 91.0 Å². The van der Waals surface area contributed by atoms with Gasteiger partial charge in [-0.2, -0.15) is 0 Å². The average Bonchev–Trinajstić information content (AvgIpc) is 2.67. The third kappa shape index (κ3) is 2.39. The number of halogens is 1. The Hall–Kier alpha value is 0.260. The molecule has 0 aromatic carbocycles. The molecular formula is C8H13BrN2OS. The Morgan fingerprint density at radius 1 is 1.54 bits per heavy atom. The predicted molar refractivity (Wildman–Crippen MR) is 59.9 cm³/mol. The fourth-order valence-corrected chi connectivity index (χ4v) is 3.01. The van der Waals surface area contributed by atoms with E-state index in [1.807, 2.05) is 11.8 Å². The number of ether oxygens (including phenoxy) is 1. The highest BCUT2D eigenvalue weighted by molar-refractivity contribution is 9.09. The van der Waals surface area contributed by atoms with E-state index in [2.05, 4.69) is 25.8 Å². The van der Waals surface area contributed by atoms with Crippen molar-refractivity contribution in [3.8, 4) is 0 Å². The second-order valence-electron chi connectivity index (χ2n) is 3.12. The maximum atomic E-state index is 5.30. The van der Waals surface area contributed by atoms with Crippen LogP contribution >= 0.6 is 27.7 Å². The van der Waals surface area contributed by atoms with E-state index in [4.69, 9.17) is 4.74 Å². The standard InChI is InChI=1S/C8H13BrN2OS/c9-5-7-6-10-8(13-7)11-1-3-12-4-2-11/h7H,1-6H2/t7-/m0/s1. The number of rotatable bonds is 1. The highest BCUT2D eigenvalue weighted by Crippen LogP contribution is 2.25. The molecular weight excluding hydrogens is 252 g/mol. The number of nitrogens with zero attached hydrogens (tertiary/aromatic N) is 2. The van der Waals surface area contributed by atoms with Crippen LogP contribution in [0.1, 0.15) is 0 Å². The summed E-state index contributed by atoms with van der Waals surface area (Å²) in [6.45, 7) is 4.65. The third-order valence-electron chi connectivity index (χ3n) is 2.16. The molecule has 0 N–H and O–H groups in total. The zero-order valence-electron chi connectivity index (χ0n) is 7.41. The summed E-state index contributed by atoms with van der Waals surface area (Å²) in [5, 5.41) is 2.89. The minimum atomic E-state index is 0.637. The largest absolute Gasteiger partial charge is 0.378 e. The fraction of sp³-hybridized carbons (Fsp3) is 0.875. The van der Waals surface area contributed by atoms with Crippen LogP contribution in [0.5, 0.6) is 0 Å². The minimum Gasteiger partial charge on any atom is -0.378 e. The van der Waals surface area contributed by atoms with Gasteiger partial charge in [0.1, 0.15) is 0 Å². The topological polar surface area (TPSA) is 24.8 Å². The highest BCUT2D eigenvalue weighted by Gasteiger charge is 2.24. The van der Waals surface area contributed by atoms with Gasteiger partial charge in [0.05, 0.1) is 19.8 Å². The smallest absolute Gasteiger partial charge is 0.159 e. The molecule has 2 rings (SSSR count). The number of aliphatic imine (C=N–C) groups is 1. The van der Waals surface area contributed by atoms with Gasteiger partial charge < -0.3 is 9.64 Å². The summed E-state index contributed by atoms with van der Waals surface area (Å²) in [4.78, 5) is 6.86. The van der Waals surface area contributed by atoms with Crippen molar-refractivity contribution < 1.29 is 4.74 Å². The molecule has 0 radical (unpaired) electrons. The molecule has 3 nitrogen and oxygen atoms in total. The van der Waals surface area contributed by atoms with Crippen LogP contribution in [0.3, 0.4) is 0 Å². The number of alkyl halides is 1. The summed E-state index contributed by atoms with van der Waals surface area (Å²) in [6.07, 6.45) is 0. The van der Waals surface area contributed by atoms with Crippen molar-refractivity contribution in [2.24, 2.45) is 4.99 Å². The van der Waals surface area contributed by atoms with Crippen LogP contribution in [0.15, 0.2) is 4.99 Å². The molecule has 0 unspecified atom stereocenters. The van der Waals surface area contributed by atoms with Crippen molar-refractivity contribution in [1.29, 1.82) is 0 Å². The number of hydrogen-bond donors (Lipinski definition) is 0. The van der Waals surface area contributed by atoms with Gasteiger partial charge in [-0.1, -0.05) is 27.7 Å². The molecule has 0 bridgehead atoms. The first-order valence-corrected chi connectivity index (χ1v) is 6.50. The molecule has 0 amide bonds. The van der Waals surface area contributed by atoms with E-state index in [0.29, 0.717) is 5.25 Å². The van der Waals surface area contributed by atoms with Gasteiger partial charge in [0.2, 0.25) is 0 Å². The maximum Gasteiger partial charge on any atom is 0.159 e. The summed E-state index contributed by atoms with van der Waals surface area (Å²) in [7, 11) is 0. The number of morpholine rings is 1. The second kappa shape index (κ2) is 4.66. The van der Waals surface area contributed by atoms with Gasteiger partial charge in [-0.15, -0.1) is 0 Å². The number of amidine groups is 1. The Bertz CT molecular complexity index is 206. The Balaban J connectivity index is 1.87. The molecule has 13 heavy (non-hydrogen) atoms. The third-order valence-corrected chi connectivity index (χ3v) is 4.61. The summed E-state index contributed by atoms with van der Waals surface area (Å²) in [6, 6.07) is 0. The molecule has 0 saturated carbocycles. The Kier molecular flexibility index (Phi) is 3.51. The minimum absolute atomic E-state index is 0.637. The monoisotopic (exact) mass is 264 g/mol. The van der Waals surface area contributed by atoms with Crippen molar-refractivity contribution >= 4 is 32.9 Å². The van der Waals surface area contributed by atoms with Crippen molar-refractivity contribution in [2.75, 3.05) is 38.2 Å². The summed E-state index contributed by atoms with van der Waals surface area (Å²) < 4.78 is 5.30. The molecule has 2 heterocycles. The van der Waals surface area contributed by atoms with Gasteiger partial charge in [0.25, 0.3) is 0 Å². The van der Waals surface area contributed by atoms with Gasteiger partial charge in [0, 0.05) is 23.7 Å². The lowest BCUT2D eigenvalue weighted by Gasteiger charge is -2.28. The van der Waals surface area contributed by atoms with Crippen molar-refractivity contribution in [1.82, 2.24) is 4.90 Å². The van der Waals surface area contributed by atoms with Crippen molar-refractivity contribution in [2.45, 2.75) is 5.25 Å². The summed E-state index contributed by atoms with van der Waals surface area (Å²) >= 11 is 5.38. The quantitative estimate of drug-likeness (QED) is 0.666. The molecule has 74 valence electrons. The zero-order valence-corrected chi connectivity index (χ0v) is 9.81.